The van der Waals surface area contributed by atoms with Crippen molar-refractivity contribution in [1.29, 1.82) is 0 Å². The lowest BCUT2D eigenvalue weighted by Crippen LogP contribution is -2.38. The van der Waals surface area contributed by atoms with Crippen molar-refractivity contribution in [1.82, 2.24) is 4.90 Å². The van der Waals surface area contributed by atoms with Crippen LogP contribution in [0.1, 0.15) is 18.4 Å². The molecule has 0 spiro atoms. The number of likely N-dealkylation sites (tertiary alicyclic amines) is 1. The average molecular weight is 299 g/mol. The van der Waals surface area contributed by atoms with Crippen molar-refractivity contribution in [2.45, 2.75) is 26.0 Å². The molecule has 1 aromatic rings. The summed E-state index contributed by atoms with van der Waals surface area (Å²) < 4.78 is 34.1. The Hall–Kier alpha value is -1.69. The van der Waals surface area contributed by atoms with E-state index in [1.807, 2.05) is 0 Å². The smallest absolute Gasteiger partial charge is 0.387 e. The number of para-hydroxylation sites is 1. The maximum Gasteiger partial charge on any atom is 0.387 e. The highest BCUT2D eigenvalue weighted by Crippen LogP contribution is 2.25. The fourth-order valence-corrected chi connectivity index (χ4v) is 2.64. The molecule has 0 bridgehead atoms. The predicted molar refractivity (Wildman–Crippen MR) is 73.1 cm³/mol. The van der Waals surface area contributed by atoms with E-state index >= 15 is 0 Å². The molecule has 0 aromatic heterocycles. The number of hydrogen-bond donors (Lipinski definition) is 0. The zero-order chi connectivity index (χ0) is 15.2. The van der Waals surface area contributed by atoms with Gasteiger partial charge in [0, 0.05) is 18.7 Å². The average Bonchev–Trinajstić information content (AvgIpc) is 2.48. The van der Waals surface area contributed by atoms with Gasteiger partial charge >= 0.3 is 12.6 Å². The van der Waals surface area contributed by atoms with E-state index in [-0.39, 0.29) is 17.6 Å². The van der Waals surface area contributed by atoms with E-state index in [1.54, 1.807) is 18.2 Å². The molecule has 2 rings (SSSR count). The van der Waals surface area contributed by atoms with Gasteiger partial charge in [-0.2, -0.15) is 8.78 Å². The molecule has 4 nitrogen and oxygen atoms in total. The van der Waals surface area contributed by atoms with Crippen molar-refractivity contribution in [2.24, 2.45) is 5.92 Å². The molecule has 0 amide bonds. The highest BCUT2D eigenvalue weighted by atomic mass is 19.3. The van der Waals surface area contributed by atoms with Crippen molar-refractivity contribution < 1.29 is 23.0 Å². The van der Waals surface area contributed by atoms with E-state index in [9.17, 15) is 13.6 Å². The normalized spacial score (nSPS) is 19.5. The number of halogens is 2. The number of piperidine rings is 1. The molecule has 0 aliphatic carbocycles. The molecule has 0 saturated carbocycles. The molecule has 0 unspecified atom stereocenters. The maximum atomic E-state index is 12.4. The first-order valence-electron chi connectivity index (χ1n) is 6.93. The van der Waals surface area contributed by atoms with Gasteiger partial charge in [-0.15, -0.1) is 0 Å². The zero-order valence-corrected chi connectivity index (χ0v) is 11.9. The van der Waals surface area contributed by atoms with E-state index in [2.05, 4.69) is 9.64 Å². The van der Waals surface area contributed by atoms with Crippen LogP contribution in [0.2, 0.25) is 0 Å². The summed E-state index contributed by atoms with van der Waals surface area (Å²) in [5.41, 5.74) is 0.698. The van der Waals surface area contributed by atoms with Crippen LogP contribution in [0.4, 0.5) is 8.78 Å². The topological polar surface area (TPSA) is 38.8 Å². The largest absolute Gasteiger partial charge is 0.469 e. The Bertz CT molecular complexity index is 482. The molecule has 6 heteroatoms. The predicted octanol–water partition coefficient (Wildman–Crippen LogP) is 2.67. The fourth-order valence-electron chi connectivity index (χ4n) is 2.64. The lowest BCUT2D eigenvalue weighted by molar-refractivity contribution is -0.147. The molecular weight excluding hydrogens is 280 g/mol. The Morgan fingerprint density at radius 2 is 2.19 bits per heavy atom. The van der Waals surface area contributed by atoms with E-state index < -0.39 is 6.61 Å². The quantitative estimate of drug-likeness (QED) is 0.784. The summed E-state index contributed by atoms with van der Waals surface area (Å²) in [5.74, 6) is -0.170. The zero-order valence-electron chi connectivity index (χ0n) is 11.9. The number of methoxy groups -OCH3 is 1. The van der Waals surface area contributed by atoms with Gasteiger partial charge in [0.05, 0.1) is 13.0 Å². The lowest BCUT2D eigenvalue weighted by atomic mass is 9.97. The molecule has 1 atom stereocenters. The van der Waals surface area contributed by atoms with Crippen LogP contribution in [0, 0.1) is 5.92 Å². The SMILES string of the molecule is COC(=O)[C@H]1CCCN(Cc2ccccc2OC(F)F)C1. The summed E-state index contributed by atoms with van der Waals surface area (Å²) in [6.07, 6.45) is 1.69. The van der Waals surface area contributed by atoms with Gasteiger partial charge in [0.15, 0.2) is 0 Å². The molecule has 0 radical (unpaired) electrons. The van der Waals surface area contributed by atoms with Gasteiger partial charge in [-0.05, 0) is 25.5 Å². The molecule has 1 aromatic carbocycles. The first kappa shape index (κ1) is 15.7. The van der Waals surface area contributed by atoms with Crippen molar-refractivity contribution in [3.63, 3.8) is 0 Å². The highest BCUT2D eigenvalue weighted by molar-refractivity contribution is 5.72. The number of carbonyl (C=O) groups is 1. The van der Waals surface area contributed by atoms with Crippen molar-refractivity contribution in [2.75, 3.05) is 20.2 Å². The van der Waals surface area contributed by atoms with Crippen LogP contribution in [-0.4, -0.2) is 37.7 Å². The van der Waals surface area contributed by atoms with Crippen LogP contribution in [0.15, 0.2) is 24.3 Å². The number of esters is 1. The third kappa shape index (κ3) is 4.39. The third-order valence-electron chi connectivity index (χ3n) is 3.62. The van der Waals surface area contributed by atoms with Crippen LogP contribution in [-0.2, 0) is 16.1 Å². The third-order valence-corrected chi connectivity index (χ3v) is 3.62. The van der Waals surface area contributed by atoms with Crippen LogP contribution in [0.5, 0.6) is 5.75 Å². The molecule has 1 fully saturated rings. The number of hydrogen-bond acceptors (Lipinski definition) is 4. The van der Waals surface area contributed by atoms with Crippen LogP contribution < -0.4 is 4.74 Å². The summed E-state index contributed by atoms with van der Waals surface area (Å²) in [5, 5.41) is 0. The number of nitrogens with zero attached hydrogens (tertiary/aromatic N) is 1. The molecule has 21 heavy (non-hydrogen) atoms. The molecule has 1 heterocycles. The Labute approximate surface area is 122 Å². The minimum absolute atomic E-state index is 0.146. The monoisotopic (exact) mass is 299 g/mol. The second-order valence-electron chi connectivity index (χ2n) is 5.08. The molecule has 1 aliphatic rings. The Morgan fingerprint density at radius 1 is 1.43 bits per heavy atom. The Kier molecular flexibility index (Phi) is 5.50. The number of ether oxygens (including phenoxy) is 2. The second-order valence-corrected chi connectivity index (χ2v) is 5.08. The van der Waals surface area contributed by atoms with Crippen LogP contribution in [0.3, 0.4) is 0 Å². The molecule has 1 aliphatic heterocycles. The van der Waals surface area contributed by atoms with Gasteiger partial charge in [-0.25, -0.2) is 0 Å². The van der Waals surface area contributed by atoms with Crippen molar-refractivity contribution in [3.05, 3.63) is 29.8 Å². The molecule has 0 N–H and O–H groups in total. The maximum absolute atomic E-state index is 12.4. The fraction of sp³-hybridized carbons (Fsp3) is 0.533. The first-order chi connectivity index (χ1) is 10.1. The van der Waals surface area contributed by atoms with Crippen LogP contribution >= 0.6 is 0 Å². The Morgan fingerprint density at radius 3 is 2.90 bits per heavy atom. The summed E-state index contributed by atoms with van der Waals surface area (Å²) in [4.78, 5) is 13.7. The molecular formula is C15H19F2NO3. The highest BCUT2D eigenvalue weighted by Gasteiger charge is 2.26. The minimum atomic E-state index is -2.84. The van der Waals surface area contributed by atoms with E-state index in [4.69, 9.17) is 4.74 Å². The van der Waals surface area contributed by atoms with Gasteiger partial charge in [-0.3, -0.25) is 9.69 Å². The summed E-state index contributed by atoms with van der Waals surface area (Å²) >= 11 is 0. The number of alkyl halides is 2. The van der Waals surface area contributed by atoms with Gasteiger partial charge in [-0.1, -0.05) is 18.2 Å². The Balaban J connectivity index is 2.02. The summed E-state index contributed by atoms with van der Waals surface area (Å²) in [7, 11) is 1.38. The van der Waals surface area contributed by atoms with E-state index in [1.165, 1.54) is 13.2 Å². The standard InChI is InChI=1S/C15H19F2NO3/c1-20-14(19)12-6-4-8-18(10-12)9-11-5-2-3-7-13(11)21-15(16)17/h2-3,5,7,12,15H,4,6,8-10H2,1H3/t12-/m0/s1. The van der Waals surface area contributed by atoms with E-state index in [0.29, 0.717) is 18.7 Å². The molecule has 116 valence electrons. The van der Waals surface area contributed by atoms with Gasteiger partial charge in [0.2, 0.25) is 0 Å². The van der Waals surface area contributed by atoms with Crippen molar-refractivity contribution in [3.8, 4) is 5.75 Å². The number of benzene rings is 1. The minimum Gasteiger partial charge on any atom is -0.469 e. The number of rotatable bonds is 5. The van der Waals surface area contributed by atoms with Gasteiger partial charge in [0.25, 0.3) is 0 Å². The summed E-state index contributed by atoms with van der Waals surface area (Å²) in [6, 6.07) is 6.74. The van der Waals surface area contributed by atoms with Crippen molar-refractivity contribution >= 4 is 5.97 Å². The van der Waals surface area contributed by atoms with E-state index in [0.717, 1.165) is 19.4 Å². The lowest BCUT2D eigenvalue weighted by Gasteiger charge is -2.31. The number of carbonyl (C=O) groups excluding carboxylic acids is 1. The first-order valence-corrected chi connectivity index (χ1v) is 6.93. The van der Waals surface area contributed by atoms with Gasteiger partial charge < -0.3 is 9.47 Å². The van der Waals surface area contributed by atoms with Gasteiger partial charge in [0.1, 0.15) is 5.75 Å². The summed E-state index contributed by atoms with van der Waals surface area (Å²) in [6.45, 7) is -0.946. The van der Waals surface area contributed by atoms with Crippen LogP contribution in [0.25, 0.3) is 0 Å². The molecule has 1 saturated heterocycles. The second kappa shape index (κ2) is 7.36.